The lowest BCUT2D eigenvalue weighted by atomic mass is 9.72. The number of carbonyl (C=O) groups excluding carboxylic acids is 1. The maximum Gasteiger partial charge on any atom is 0.414 e. The van der Waals surface area contributed by atoms with Crippen molar-refractivity contribution in [2.45, 2.75) is 18.5 Å². The number of para-hydroxylation sites is 1. The van der Waals surface area contributed by atoms with E-state index in [1.165, 1.54) is 30.3 Å². The summed E-state index contributed by atoms with van der Waals surface area (Å²) in [5, 5.41) is 18.6. The molecular formula is C16H10F3N3O4. The number of nitrogens with zero attached hydrogens (tertiary/aromatic N) is 2. The molecule has 0 radical (unpaired) electrons. The number of benzene rings is 1. The van der Waals surface area contributed by atoms with Gasteiger partial charge >= 0.3 is 12.1 Å². The van der Waals surface area contributed by atoms with Crippen LogP contribution in [0.5, 0.6) is 5.88 Å². The Labute approximate surface area is 143 Å². The molecule has 1 atom stereocenters. The Hall–Kier alpha value is -3.48. The van der Waals surface area contributed by atoms with Crippen LogP contribution in [0.25, 0.3) is 10.9 Å². The van der Waals surface area contributed by atoms with Gasteiger partial charge in [0.1, 0.15) is 11.6 Å². The zero-order chi connectivity index (χ0) is 19.4. The molecule has 1 unspecified atom stereocenters. The fourth-order valence-electron chi connectivity index (χ4n) is 3.21. The number of hydrogen-bond acceptors (Lipinski definition) is 5. The molecule has 0 fully saturated rings. The third-order valence-electron chi connectivity index (χ3n) is 4.21. The molecule has 1 aliphatic heterocycles. The van der Waals surface area contributed by atoms with E-state index in [1.807, 2.05) is 0 Å². The molecule has 3 N–H and O–H groups in total. The fourth-order valence-corrected chi connectivity index (χ4v) is 3.21. The molecule has 2 aromatic rings. The van der Waals surface area contributed by atoms with Gasteiger partial charge in [0.25, 0.3) is 0 Å². The van der Waals surface area contributed by atoms with Crippen LogP contribution in [-0.4, -0.2) is 27.7 Å². The van der Waals surface area contributed by atoms with Crippen molar-refractivity contribution in [3.8, 4) is 11.9 Å². The van der Waals surface area contributed by atoms with Crippen LogP contribution in [-0.2, 0) is 10.2 Å². The minimum Gasteiger partial charge on any atom is -0.480 e. The average molecular weight is 365 g/mol. The van der Waals surface area contributed by atoms with Crippen LogP contribution in [0.4, 0.5) is 13.2 Å². The molecule has 1 aliphatic rings. The number of hydrogen-bond donors (Lipinski definition) is 2. The van der Waals surface area contributed by atoms with Crippen molar-refractivity contribution in [1.29, 1.82) is 5.26 Å². The number of rotatable bonds is 1. The van der Waals surface area contributed by atoms with E-state index < -0.39 is 46.4 Å². The van der Waals surface area contributed by atoms with E-state index in [-0.39, 0.29) is 10.9 Å². The van der Waals surface area contributed by atoms with Crippen LogP contribution in [0.3, 0.4) is 0 Å². The summed E-state index contributed by atoms with van der Waals surface area (Å²) in [6.07, 6.45) is -5.43. The molecule has 134 valence electrons. The highest BCUT2D eigenvalue weighted by molar-refractivity contribution is 6.03. The number of carbonyl (C=O) groups is 2. The molecule has 0 bridgehead atoms. The molecule has 7 nitrogen and oxygen atoms in total. The molecular weight excluding hydrogens is 355 g/mol. The second-order valence-electron chi connectivity index (χ2n) is 5.56. The fraction of sp³-hybridized carbons (Fsp3) is 0.188. The molecule has 0 amide bonds. The Morgan fingerprint density at radius 3 is 2.46 bits per heavy atom. The van der Waals surface area contributed by atoms with Gasteiger partial charge in [0, 0.05) is 12.3 Å². The predicted molar refractivity (Wildman–Crippen MR) is 81.1 cm³/mol. The van der Waals surface area contributed by atoms with Gasteiger partial charge in [0.05, 0.1) is 11.1 Å². The number of alkyl halides is 3. The summed E-state index contributed by atoms with van der Waals surface area (Å²) in [6.45, 7) is 1.08. The summed E-state index contributed by atoms with van der Waals surface area (Å²) in [5.41, 5.74) is -0.453. The van der Waals surface area contributed by atoms with E-state index in [4.69, 9.17) is 10.5 Å². The average Bonchev–Trinajstić information content (AvgIpc) is 2.85. The lowest BCUT2D eigenvalue weighted by Gasteiger charge is -2.35. The lowest BCUT2D eigenvalue weighted by molar-refractivity contribution is -0.197. The number of nitriles is 1. The highest BCUT2D eigenvalue weighted by Crippen LogP contribution is 2.55. The first kappa shape index (κ1) is 17.3. The first-order chi connectivity index (χ1) is 12.1. The van der Waals surface area contributed by atoms with Crippen molar-refractivity contribution in [2.24, 2.45) is 5.73 Å². The summed E-state index contributed by atoms with van der Waals surface area (Å²) in [4.78, 5) is 23.9. The van der Waals surface area contributed by atoms with Gasteiger partial charge in [0.15, 0.2) is 0 Å². The van der Waals surface area contributed by atoms with Crippen molar-refractivity contribution < 1.29 is 32.6 Å². The standard InChI is InChI=1S/C16H10F3N3O4/c1-7(23)22-10-5-3-2-4-8(10)11-13(22)26-12(21)9(6-20)15(11,14(24)25)16(17,18)19/h2-5H,21H2,1H3,(H,24,25). The molecule has 0 saturated carbocycles. The normalized spacial score (nSPS) is 19.7. The van der Waals surface area contributed by atoms with Crippen molar-refractivity contribution in [3.63, 3.8) is 0 Å². The van der Waals surface area contributed by atoms with Gasteiger partial charge < -0.3 is 15.6 Å². The zero-order valence-corrected chi connectivity index (χ0v) is 13.1. The van der Waals surface area contributed by atoms with E-state index in [0.29, 0.717) is 0 Å². The molecule has 1 aromatic carbocycles. The molecule has 1 aromatic heterocycles. The second kappa shape index (κ2) is 5.26. The molecule has 10 heteroatoms. The zero-order valence-electron chi connectivity index (χ0n) is 13.1. The largest absolute Gasteiger partial charge is 0.480 e. The third kappa shape index (κ3) is 1.88. The van der Waals surface area contributed by atoms with Gasteiger partial charge in [-0.1, -0.05) is 18.2 Å². The van der Waals surface area contributed by atoms with Crippen LogP contribution >= 0.6 is 0 Å². The van der Waals surface area contributed by atoms with Crippen molar-refractivity contribution >= 4 is 22.8 Å². The highest BCUT2D eigenvalue weighted by Gasteiger charge is 2.69. The lowest BCUT2D eigenvalue weighted by Crippen LogP contribution is -2.53. The Morgan fingerprint density at radius 2 is 1.96 bits per heavy atom. The van der Waals surface area contributed by atoms with Crippen LogP contribution in [0, 0.1) is 11.3 Å². The topological polar surface area (TPSA) is 118 Å². The van der Waals surface area contributed by atoms with E-state index in [2.05, 4.69) is 0 Å². The predicted octanol–water partition coefficient (Wildman–Crippen LogP) is 2.27. The van der Waals surface area contributed by atoms with Gasteiger partial charge in [-0.3, -0.25) is 9.59 Å². The first-order valence-electron chi connectivity index (χ1n) is 7.12. The van der Waals surface area contributed by atoms with Crippen LogP contribution < -0.4 is 10.5 Å². The van der Waals surface area contributed by atoms with Crippen molar-refractivity contribution in [3.05, 3.63) is 41.3 Å². The molecule has 0 saturated heterocycles. The summed E-state index contributed by atoms with van der Waals surface area (Å²) >= 11 is 0. The molecule has 26 heavy (non-hydrogen) atoms. The van der Waals surface area contributed by atoms with Gasteiger partial charge in [-0.25, -0.2) is 4.57 Å². The van der Waals surface area contributed by atoms with Crippen molar-refractivity contribution in [1.82, 2.24) is 4.57 Å². The van der Waals surface area contributed by atoms with Gasteiger partial charge in [-0.05, 0) is 6.07 Å². The molecule has 3 rings (SSSR count). The summed E-state index contributed by atoms with van der Waals surface area (Å²) in [7, 11) is 0. The maximum atomic E-state index is 14.1. The van der Waals surface area contributed by atoms with Crippen LogP contribution in [0.2, 0.25) is 0 Å². The molecule has 0 aliphatic carbocycles. The second-order valence-corrected chi connectivity index (χ2v) is 5.56. The highest BCUT2D eigenvalue weighted by atomic mass is 19.4. The Balaban J connectivity index is 2.65. The van der Waals surface area contributed by atoms with Gasteiger partial charge in [-0.2, -0.15) is 18.4 Å². The number of nitrogens with two attached hydrogens (primary N) is 1. The summed E-state index contributed by atoms with van der Waals surface area (Å²) in [5.74, 6) is -4.75. The number of ether oxygens (including phenoxy) is 1. The van der Waals surface area contributed by atoms with E-state index in [0.717, 1.165) is 11.5 Å². The summed E-state index contributed by atoms with van der Waals surface area (Å²) < 4.78 is 48.2. The van der Waals surface area contributed by atoms with Gasteiger partial charge in [-0.15, -0.1) is 0 Å². The molecule has 2 heterocycles. The van der Waals surface area contributed by atoms with Gasteiger partial charge in [0.2, 0.25) is 23.1 Å². The van der Waals surface area contributed by atoms with E-state index in [9.17, 15) is 33.1 Å². The number of carboxylic acids is 1. The van der Waals surface area contributed by atoms with Crippen molar-refractivity contribution in [2.75, 3.05) is 0 Å². The Bertz CT molecular complexity index is 1050. The third-order valence-corrected chi connectivity index (χ3v) is 4.21. The minimum absolute atomic E-state index is 0.00636. The summed E-state index contributed by atoms with van der Waals surface area (Å²) in [6, 6.07) is 6.61. The quantitative estimate of drug-likeness (QED) is 0.800. The number of fused-ring (bicyclic) bond motifs is 3. The molecule has 0 spiro atoms. The number of halogens is 3. The maximum absolute atomic E-state index is 14.1. The Kier molecular flexibility index (Phi) is 3.51. The van der Waals surface area contributed by atoms with E-state index in [1.54, 1.807) is 0 Å². The van der Waals surface area contributed by atoms with Crippen LogP contribution in [0.15, 0.2) is 35.7 Å². The Morgan fingerprint density at radius 1 is 1.35 bits per heavy atom. The number of aromatic nitrogens is 1. The minimum atomic E-state index is -5.43. The SMILES string of the molecule is CC(=O)n1c2c(c3ccccc31)C(C(=O)O)(C(F)(F)F)C(C#N)=C(N)O2. The number of aliphatic carboxylic acids is 1. The monoisotopic (exact) mass is 365 g/mol. The van der Waals surface area contributed by atoms with E-state index >= 15 is 0 Å². The first-order valence-corrected chi connectivity index (χ1v) is 7.12. The van der Waals surface area contributed by atoms with Crippen LogP contribution in [0.1, 0.15) is 17.3 Å². The number of carboxylic acid groups (broad SMARTS) is 1. The smallest absolute Gasteiger partial charge is 0.414 e.